The number of carbonyl (C=O) groups is 4. The Kier molecular flexibility index (Phi) is 12.2. The van der Waals surface area contributed by atoms with Gasteiger partial charge in [-0.25, -0.2) is 19.2 Å². The molecule has 0 unspecified atom stereocenters. The van der Waals surface area contributed by atoms with Crippen molar-refractivity contribution in [2.45, 2.75) is 30.6 Å². The van der Waals surface area contributed by atoms with Gasteiger partial charge in [-0.3, -0.25) is 0 Å². The van der Waals surface area contributed by atoms with Gasteiger partial charge in [-0.2, -0.15) is 0 Å². The van der Waals surface area contributed by atoms with Gasteiger partial charge in [0.05, 0.1) is 22.3 Å². The van der Waals surface area contributed by atoms with E-state index < -0.39 is 61.1 Å². The molecular formula is C41H34N2O9S. The highest BCUT2D eigenvalue weighted by Gasteiger charge is 2.53. The third-order valence-corrected chi connectivity index (χ3v) is 8.30. The summed E-state index contributed by atoms with van der Waals surface area (Å²) in [5, 5.41) is 6.13. The van der Waals surface area contributed by atoms with Crippen LogP contribution in [0.15, 0.2) is 152 Å². The number of thiocarbonyl (C=S) groups is 1. The number of para-hydroxylation sites is 1. The second-order valence-corrected chi connectivity index (χ2v) is 12.1. The second-order valence-electron chi connectivity index (χ2n) is 11.7. The zero-order chi connectivity index (χ0) is 37.0. The maximum atomic E-state index is 13.8. The van der Waals surface area contributed by atoms with Crippen molar-refractivity contribution in [2.24, 2.45) is 0 Å². The van der Waals surface area contributed by atoms with Crippen LogP contribution < -0.4 is 10.6 Å². The number of carbonyl (C=O) groups excluding carboxylic acids is 4. The smallest absolute Gasteiger partial charge is 0.338 e. The molecule has 5 atom stereocenters. The predicted octanol–water partition coefficient (Wildman–Crippen LogP) is 6.23. The Balaban J connectivity index is 1.40. The Bertz CT molecular complexity index is 2000. The van der Waals surface area contributed by atoms with E-state index in [0.717, 1.165) is 0 Å². The normalized spacial score (nSPS) is 19.1. The molecule has 1 aliphatic rings. The lowest BCUT2D eigenvalue weighted by atomic mass is 9.96. The standard InChI is InChI=1S/C41H34N2O9S/c44-37(27-16-6-1-7-17-27)48-26-32-33(50-38(45)28-18-8-2-9-19-28)34(51-39(46)29-20-10-3-11-21-29)35(52-40(47)30-22-12-4-13-23-30)36(49-32)43-41(53)42-31-24-14-5-15-25-31/h1-25,32-36H,26H2,(H2,42,43,53)/t32-,33+,34+,35-,36-/m1/s1. The highest BCUT2D eigenvalue weighted by atomic mass is 32.1. The lowest BCUT2D eigenvalue weighted by Gasteiger charge is -2.45. The lowest BCUT2D eigenvalue weighted by molar-refractivity contribution is -0.232. The molecule has 0 radical (unpaired) electrons. The molecule has 1 aliphatic heterocycles. The van der Waals surface area contributed by atoms with Crippen molar-refractivity contribution < 1.29 is 42.9 Å². The van der Waals surface area contributed by atoms with Crippen LogP contribution in [0.1, 0.15) is 41.4 Å². The van der Waals surface area contributed by atoms with Gasteiger partial charge in [-0.1, -0.05) is 91.0 Å². The van der Waals surface area contributed by atoms with Crippen LogP contribution in [0.4, 0.5) is 5.69 Å². The number of rotatable bonds is 11. The largest absolute Gasteiger partial charge is 0.459 e. The van der Waals surface area contributed by atoms with E-state index in [4.69, 9.17) is 35.9 Å². The maximum absolute atomic E-state index is 13.8. The Labute approximate surface area is 310 Å². The molecule has 6 rings (SSSR count). The van der Waals surface area contributed by atoms with Crippen molar-refractivity contribution in [3.63, 3.8) is 0 Å². The molecule has 5 aromatic carbocycles. The topological polar surface area (TPSA) is 138 Å². The Morgan fingerprint density at radius 2 is 0.887 bits per heavy atom. The van der Waals surface area contributed by atoms with Gasteiger partial charge in [0.1, 0.15) is 12.7 Å². The van der Waals surface area contributed by atoms with Crippen LogP contribution in [-0.2, 0) is 23.7 Å². The fourth-order valence-corrected chi connectivity index (χ4v) is 5.74. The third kappa shape index (κ3) is 9.70. The van der Waals surface area contributed by atoms with Crippen LogP contribution in [0, 0.1) is 0 Å². The van der Waals surface area contributed by atoms with Crippen LogP contribution in [-0.4, -0.2) is 66.2 Å². The molecule has 0 amide bonds. The van der Waals surface area contributed by atoms with Crippen molar-refractivity contribution in [3.8, 4) is 0 Å². The molecule has 11 nitrogen and oxygen atoms in total. The Hall–Kier alpha value is -6.37. The summed E-state index contributed by atoms with van der Waals surface area (Å²) in [7, 11) is 0. The number of hydrogen-bond acceptors (Lipinski definition) is 10. The number of nitrogens with one attached hydrogen (secondary N) is 2. The summed E-state index contributed by atoms with van der Waals surface area (Å²) in [5.74, 6) is -3.05. The van der Waals surface area contributed by atoms with Crippen molar-refractivity contribution in [2.75, 3.05) is 11.9 Å². The first kappa shape index (κ1) is 36.4. The van der Waals surface area contributed by atoms with Crippen LogP contribution in [0.2, 0.25) is 0 Å². The van der Waals surface area contributed by atoms with E-state index in [-0.39, 0.29) is 27.4 Å². The highest BCUT2D eigenvalue weighted by molar-refractivity contribution is 7.80. The summed E-state index contributed by atoms with van der Waals surface area (Å²) in [6.07, 6.45) is -7.06. The van der Waals surface area contributed by atoms with E-state index in [0.29, 0.717) is 5.69 Å². The van der Waals surface area contributed by atoms with E-state index in [1.165, 1.54) is 0 Å². The molecule has 0 bridgehead atoms. The molecule has 268 valence electrons. The van der Waals surface area contributed by atoms with Gasteiger partial charge in [-0.05, 0) is 72.9 Å². The minimum atomic E-state index is -1.52. The predicted molar refractivity (Wildman–Crippen MR) is 198 cm³/mol. The van der Waals surface area contributed by atoms with Gasteiger partial charge < -0.3 is 34.3 Å². The molecule has 0 spiro atoms. The molecule has 2 N–H and O–H groups in total. The molecule has 1 saturated heterocycles. The highest BCUT2D eigenvalue weighted by Crippen LogP contribution is 2.30. The zero-order valence-electron chi connectivity index (χ0n) is 28.1. The number of benzene rings is 5. The summed E-state index contributed by atoms with van der Waals surface area (Å²) >= 11 is 5.63. The molecule has 0 saturated carbocycles. The number of ether oxygens (including phenoxy) is 5. The van der Waals surface area contributed by atoms with Crippen molar-refractivity contribution >= 4 is 46.9 Å². The minimum absolute atomic E-state index is 0.0647. The van der Waals surface area contributed by atoms with E-state index in [1.807, 2.05) is 18.2 Å². The van der Waals surface area contributed by atoms with Gasteiger partial charge in [0.2, 0.25) is 0 Å². The molecule has 53 heavy (non-hydrogen) atoms. The summed E-state index contributed by atoms with van der Waals surface area (Å²) < 4.78 is 30.3. The molecule has 1 fully saturated rings. The monoisotopic (exact) mass is 730 g/mol. The molecule has 12 heteroatoms. The quantitative estimate of drug-likeness (QED) is 0.0905. The van der Waals surface area contributed by atoms with E-state index in [1.54, 1.807) is 133 Å². The van der Waals surface area contributed by atoms with Crippen molar-refractivity contribution in [3.05, 3.63) is 174 Å². The lowest BCUT2D eigenvalue weighted by Crippen LogP contribution is -2.66. The van der Waals surface area contributed by atoms with Gasteiger partial charge in [-0.15, -0.1) is 0 Å². The number of hydrogen-bond donors (Lipinski definition) is 2. The van der Waals surface area contributed by atoms with Crippen LogP contribution in [0.3, 0.4) is 0 Å². The summed E-state index contributed by atoms with van der Waals surface area (Å²) in [6.45, 7) is -0.462. The zero-order valence-corrected chi connectivity index (χ0v) is 28.9. The molecule has 5 aromatic rings. The maximum Gasteiger partial charge on any atom is 0.338 e. The minimum Gasteiger partial charge on any atom is -0.459 e. The summed E-state index contributed by atoms with van der Waals surface area (Å²) in [6, 6.07) is 41.8. The average molecular weight is 731 g/mol. The summed E-state index contributed by atoms with van der Waals surface area (Å²) in [4.78, 5) is 54.2. The molecule has 0 aromatic heterocycles. The van der Waals surface area contributed by atoms with E-state index >= 15 is 0 Å². The first-order valence-electron chi connectivity index (χ1n) is 16.6. The molecule has 1 heterocycles. The van der Waals surface area contributed by atoms with Crippen molar-refractivity contribution in [1.82, 2.24) is 5.32 Å². The molecule has 0 aliphatic carbocycles. The van der Waals surface area contributed by atoms with Crippen LogP contribution >= 0.6 is 12.2 Å². The van der Waals surface area contributed by atoms with Gasteiger partial charge in [0, 0.05) is 5.69 Å². The van der Waals surface area contributed by atoms with Crippen LogP contribution in [0.25, 0.3) is 0 Å². The number of esters is 4. The van der Waals surface area contributed by atoms with E-state index in [9.17, 15) is 19.2 Å². The first-order valence-corrected chi connectivity index (χ1v) is 17.0. The third-order valence-electron chi connectivity index (χ3n) is 8.08. The van der Waals surface area contributed by atoms with Gasteiger partial charge in [0.15, 0.2) is 29.7 Å². The van der Waals surface area contributed by atoms with Crippen molar-refractivity contribution in [1.29, 1.82) is 0 Å². The fourth-order valence-electron chi connectivity index (χ4n) is 5.50. The van der Waals surface area contributed by atoms with Gasteiger partial charge in [0.25, 0.3) is 0 Å². The number of anilines is 1. The van der Waals surface area contributed by atoms with E-state index in [2.05, 4.69) is 10.6 Å². The fraction of sp³-hybridized carbons (Fsp3) is 0.146. The average Bonchev–Trinajstić information content (AvgIpc) is 3.20. The Morgan fingerprint density at radius 1 is 0.509 bits per heavy atom. The van der Waals surface area contributed by atoms with Gasteiger partial charge >= 0.3 is 23.9 Å². The summed E-state index contributed by atoms with van der Waals surface area (Å²) in [5.41, 5.74) is 1.48. The Morgan fingerprint density at radius 3 is 1.34 bits per heavy atom. The first-order chi connectivity index (χ1) is 25.9. The SMILES string of the molecule is O=C(OC[C@H]1O[C@@H](NC(=S)Nc2ccccc2)[C@H](OC(=O)c2ccccc2)[C@@H](OC(=O)c2ccccc2)[C@H]1OC(=O)c1ccccc1)c1ccccc1. The molecular weight excluding hydrogens is 697 g/mol. The second kappa shape index (κ2) is 17.7. The van der Waals surface area contributed by atoms with Crippen LogP contribution in [0.5, 0.6) is 0 Å².